The highest BCUT2D eigenvalue weighted by atomic mass is 16.7. The van der Waals surface area contributed by atoms with Crippen LogP contribution in [0, 0.1) is 0 Å². The van der Waals surface area contributed by atoms with E-state index in [4.69, 9.17) is 0 Å². The minimum atomic E-state index is -0.810. The number of hydrogen-bond acceptors (Lipinski definition) is 5. The summed E-state index contributed by atoms with van der Waals surface area (Å²) in [6.45, 7) is 2.25. The normalized spacial score (nSPS) is 18.5. The summed E-state index contributed by atoms with van der Waals surface area (Å²) >= 11 is 0. The number of cyclic esters (lactones) is 1. The summed E-state index contributed by atoms with van der Waals surface area (Å²) in [7, 11) is 0. The minimum Gasteiger partial charge on any atom is -0.462 e. The van der Waals surface area contributed by atoms with Crippen LogP contribution in [0.4, 0.5) is 4.79 Å². The first-order chi connectivity index (χ1) is 6.24. The molecule has 1 fully saturated rings. The van der Waals surface area contributed by atoms with Crippen molar-refractivity contribution in [3.63, 3.8) is 0 Å². The molecule has 0 bridgehead atoms. The molecule has 5 heteroatoms. The summed E-state index contributed by atoms with van der Waals surface area (Å²) in [6, 6.07) is 0. The second kappa shape index (κ2) is 4.49. The van der Waals surface area contributed by atoms with Crippen molar-refractivity contribution in [1.82, 2.24) is 0 Å². The smallest absolute Gasteiger partial charge is 0.462 e. The van der Waals surface area contributed by atoms with Crippen LogP contribution in [0.25, 0.3) is 0 Å². The van der Waals surface area contributed by atoms with Gasteiger partial charge in [-0.05, 0) is 6.92 Å². The van der Waals surface area contributed by atoms with Gasteiger partial charge < -0.3 is 14.2 Å². The van der Waals surface area contributed by atoms with Crippen molar-refractivity contribution in [3.05, 3.63) is 11.8 Å². The van der Waals surface area contributed by atoms with Crippen LogP contribution in [0.1, 0.15) is 13.3 Å². The molecule has 13 heavy (non-hydrogen) atoms. The Bertz CT molecular complexity index is 243. The quantitative estimate of drug-likeness (QED) is 0.365. The second-order valence-corrected chi connectivity index (χ2v) is 2.33. The van der Waals surface area contributed by atoms with E-state index in [2.05, 4.69) is 14.2 Å². The Labute approximate surface area is 75.3 Å². The van der Waals surface area contributed by atoms with Gasteiger partial charge in [0.25, 0.3) is 0 Å². The maximum absolute atomic E-state index is 10.8. The summed E-state index contributed by atoms with van der Waals surface area (Å²) in [6.07, 6.45) is 0.737. The first kappa shape index (κ1) is 9.57. The van der Waals surface area contributed by atoms with Crippen molar-refractivity contribution < 1.29 is 23.8 Å². The average Bonchev–Trinajstić information content (AvgIpc) is 2.48. The van der Waals surface area contributed by atoms with Crippen molar-refractivity contribution in [2.24, 2.45) is 0 Å². The molecule has 0 aromatic rings. The molecule has 0 unspecified atom stereocenters. The predicted octanol–water partition coefficient (Wildman–Crippen LogP) is 0.990. The molecule has 1 aliphatic heterocycles. The molecule has 5 nitrogen and oxygen atoms in total. The largest absolute Gasteiger partial charge is 0.513 e. The highest BCUT2D eigenvalue weighted by Crippen LogP contribution is 2.12. The molecule has 0 radical (unpaired) electrons. The van der Waals surface area contributed by atoms with Gasteiger partial charge in [0.05, 0.1) is 18.8 Å². The van der Waals surface area contributed by atoms with E-state index < -0.39 is 12.1 Å². The van der Waals surface area contributed by atoms with Crippen LogP contribution < -0.4 is 0 Å². The van der Waals surface area contributed by atoms with E-state index in [0.29, 0.717) is 18.6 Å². The van der Waals surface area contributed by atoms with Gasteiger partial charge in [-0.2, -0.15) is 0 Å². The van der Waals surface area contributed by atoms with Crippen molar-refractivity contribution >= 4 is 12.1 Å². The molecule has 72 valence electrons. The monoisotopic (exact) mass is 186 g/mol. The van der Waals surface area contributed by atoms with Crippen LogP contribution in [-0.4, -0.2) is 25.3 Å². The van der Waals surface area contributed by atoms with Gasteiger partial charge in [0.15, 0.2) is 0 Å². The molecule has 1 rings (SSSR count). The summed E-state index contributed by atoms with van der Waals surface area (Å²) in [5.41, 5.74) is 0.355. The van der Waals surface area contributed by atoms with Gasteiger partial charge in [0, 0.05) is 6.42 Å². The fourth-order valence-corrected chi connectivity index (χ4v) is 0.827. The summed E-state index contributed by atoms with van der Waals surface area (Å²) < 4.78 is 13.6. The fourth-order valence-electron chi connectivity index (χ4n) is 0.827. The van der Waals surface area contributed by atoms with E-state index >= 15 is 0 Å². The third kappa shape index (κ3) is 2.77. The van der Waals surface area contributed by atoms with Crippen molar-refractivity contribution in [3.8, 4) is 0 Å². The highest BCUT2D eigenvalue weighted by molar-refractivity contribution is 5.90. The zero-order valence-corrected chi connectivity index (χ0v) is 7.24. The Hall–Kier alpha value is -1.52. The Balaban J connectivity index is 2.38. The topological polar surface area (TPSA) is 61.8 Å². The van der Waals surface area contributed by atoms with Crippen LogP contribution in [0.5, 0.6) is 0 Å². The summed E-state index contributed by atoms with van der Waals surface area (Å²) in [5, 5.41) is 0. The lowest BCUT2D eigenvalue weighted by molar-refractivity contribution is -0.135. The first-order valence-electron chi connectivity index (χ1n) is 3.93. The third-order valence-corrected chi connectivity index (χ3v) is 1.43. The Morgan fingerprint density at radius 1 is 1.69 bits per heavy atom. The molecule has 0 aromatic heterocycles. The van der Waals surface area contributed by atoms with Crippen molar-refractivity contribution in [2.45, 2.75) is 13.3 Å². The molecular formula is C8H10O5. The molecule has 0 N–H and O–H groups in total. The van der Waals surface area contributed by atoms with E-state index in [9.17, 15) is 9.59 Å². The average molecular weight is 186 g/mol. The van der Waals surface area contributed by atoms with Gasteiger partial charge in [-0.1, -0.05) is 0 Å². The number of ether oxygens (including phenoxy) is 3. The SMILES string of the molecule is CCOC(=O)OC=C1CCOC1=O. The van der Waals surface area contributed by atoms with Gasteiger partial charge >= 0.3 is 12.1 Å². The van der Waals surface area contributed by atoms with Gasteiger partial charge in [-0.25, -0.2) is 9.59 Å². The van der Waals surface area contributed by atoms with Gasteiger partial charge in [-0.15, -0.1) is 0 Å². The van der Waals surface area contributed by atoms with E-state index in [-0.39, 0.29) is 6.61 Å². The third-order valence-electron chi connectivity index (χ3n) is 1.43. The van der Waals surface area contributed by atoms with Crippen LogP contribution in [0.15, 0.2) is 11.8 Å². The van der Waals surface area contributed by atoms with E-state index in [1.807, 2.05) is 0 Å². The fraction of sp³-hybridized carbons (Fsp3) is 0.500. The number of carbonyl (C=O) groups is 2. The van der Waals surface area contributed by atoms with Crippen LogP contribution in [-0.2, 0) is 19.0 Å². The Morgan fingerprint density at radius 3 is 3.00 bits per heavy atom. The van der Waals surface area contributed by atoms with Crippen molar-refractivity contribution in [1.29, 1.82) is 0 Å². The van der Waals surface area contributed by atoms with Crippen LogP contribution >= 0.6 is 0 Å². The van der Waals surface area contributed by atoms with Crippen LogP contribution in [0.2, 0.25) is 0 Å². The van der Waals surface area contributed by atoms with Gasteiger partial charge in [-0.3, -0.25) is 0 Å². The standard InChI is InChI=1S/C8H10O5/c1-2-11-8(10)13-5-6-3-4-12-7(6)9/h5H,2-4H2,1H3. The van der Waals surface area contributed by atoms with E-state index in [1.54, 1.807) is 6.92 Å². The Morgan fingerprint density at radius 2 is 2.46 bits per heavy atom. The Kier molecular flexibility index (Phi) is 3.31. The molecule has 0 aliphatic carbocycles. The highest BCUT2D eigenvalue weighted by Gasteiger charge is 2.19. The lowest BCUT2D eigenvalue weighted by atomic mass is 10.3. The molecule has 0 aromatic carbocycles. The second-order valence-electron chi connectivity index (χ2n) is 2.33. The first-order valence-corrected chi connectivity index (χ1v) is 3.93. The molecule has 1 aliphatic rings. The van der Waals surface area contributed by atoms with Gasteiger partial charge in [0.1, 0.15) is 6.26 Å². The van der Waals surface area contributed by atoms with E-state index in [0.717, 1.165) is 6.26 Å². The molecule has 0 atom stereocenters. The minimum absolute atomic E-state index is 0.243. The zero-order valence-electron chi connectivity index (χ0n) is 7.24. The maximum Gasteiger partial charge on any atom is 0.513 e. The zero-order chi connectivity index (χ0) is 9.68. The number of hydrogen-bond donors (Lipinski definition) is 0. The molecule has 1 heterocycles. The predicted molar refractivity (Wildman–Crippen MR) is 41.8 cm³/mol. The summed E-state index contributed by atoms with van der Waals surface area (Å²) in [5.74, 6) is -0.440. The number of rotatable bonds is 2. The lowest BCUT2D eigenvalue weighted by Gasteiger charge is -1.98. The van der Waals surface area contributed by atoms with Crippen LogP contribution in [0.3, 0.4) is 0 Å². The molecule has 0 saturated carbocycles. The lowest BCUT2D eigenvalue weighted by Crippen LogP contribution is -2.04. The summed E-state index contributed by atoms with van der Waals surface area (Å²) in [4.78, 5) is 21.5. The number of esters is 1. The van der Waals surface area contributed by atoms with E-state index in [1.165, 1.54) is 0 Å². The molecule has 0 spiro atoms. The maximum atomic E-state index is 10.8. The number of carbonyl (C=O) groups excluding carboxylic acids is 2. The molecule has 0 amide bonds. The molecular weight excluding hydrogens is 176 g/mol. The van der Waals surface area contributed by atoms with Gasteiger partial charge in [0.2, 0.25) is 0 Å². The molecule has 1 saturated heterocycles. The van der Waals surface area contributed by atoms with Crippen molar-refractivity contribution in [2.75, 3.05) is 13.2 Å².